The summed E-state index contributed by atoms with van der Waals surface area (Å²) in [6.45, 7) is 6.13. The SMILES string of the molecule is CC(C)Cc1ccc(NC(C)O)cc1. The van der Waals surface area contributed by atoms with Crippen molar-refractivity contribution in [2.45, 2.75) is 33.4 Å². The largest absolute Gasteiger partial charge is 0.374 e. The average Bonchev–Trinajstić information content (AvgIpc) is 2.06. The maximum atomic E-state index is 9.11. The molecule has 0 amide bonds. The van der Waals surface area contributed by atoms with Crippen LogP contribution in [0.15, 0.2) is 24.3 Å². The zero-order valence-electron chi connectivity index (χ0n) is 9.12. The molecule has 1 atom stereocenters. The van der Waals surface area contributed by atoms with Crippen molar-refractivity contribution in [3.63, 3.8) is 0 Å². The highest BCUT2D eigenvalue weighted by molar-refractivity contribution is 5.44. The molecular formula is C12H19NO. The molecule has 2 heteroatoms. The van der Waals surface area contributed by atoms with Crippen molar-refractivity contribution in [1.82, 2.24) is 0 Å². The van der Waals surface area contributed by atoms with Crippen LogP contribution in [0.5, 0.6) is 0 Å². The molecule has 0 fully saturated rings. The maximum Gasteiger partial charge on any atom is 0.121 e. The van der Waals surface area contributed by atoms with Gasteiger partial charge in [0.05, 0.1) is 0 Å². The van der Waals surface area contributed by atoms with Gasteiger partial charge < -0.3 is 10.4 Å². The summed E-state index contributed by atoms with van der Waals surface area (Å²) in [5.74, 6) is 0.686. The summed E-state index contributed by atoms with van der Waals surface area (Å²) in [5.41, 5.74) is 2.31. The van der Waals surface area contributed by atoms with Gasteiger partial charge >= 0.3 is 0 Å². The van der Waals surface area contributed by atoms with Crippen molar-refractivity contribution in [1.29, 1.82) is 0 Å². The van der Waals surface area contributed by atoms with Crippen LogP contribution in [0.3, 0.4) is 0 Å². The number of benzene rings is 1. The molecule has 0 bridgehead atoms. The summed E-state index contributed by atoms with van der Waals surface area (Å²) in [7, 11) is 0. The predicted molar refractivity (Wildman–Crippen MR) is 60.3 cm³/mol. The van der Waals surface area contributed by atoms with Gasteiger partial charge in [0.1, 0.15) is 6.23 Å². The molecule has 1 unspecified atom stereocenters. The summed E-state index contributed by atoms with van der Waals surface area (Å²) in [5, 5.41) is 12.1. The second-order valence-electron chi connectivity index (χ2n) is 4.12. The van der Waals surface area contributed by atoms with E-state index in [-0.39, 0.29) is 0 Å². The molecule has 0 radical (unpaired) electrons. The third kappa shape index (κ3) is 3.79. The Hall–Kier alpha value is -1.02. The zero-order valence-corrected chi connectivity index (χ0v) is 9.12. The van der Waals surface area contributed by atoms with Crippen LogP contribution >= 0.6 is 0 Å². The van der Waals surface area contributed by atoms with E-state index in [9.17, 15) is 0 Å². The molecule has 2 nitrogen and oxygen atoms in total. The number of aliphatic hydroxyl groups excluding tert-OH is 1. The predicted octanol–water partition coefficient (Wildman–Crippen LogP) is 2.64. The smallest absolute Gasteiger partial charge is 0.121 e. The Balaban J connectivity index is 2.59. The molecule has 1 aromatic rings. The van der Waals surface area contributed by atoms with Gasteiger partial charge in [0.15, 0.2) is 0 Å². The zero-order chi connectivity index (χ0) is 10.6. The fourth-order valence-electron chi connectivity index (χ4n) is 1.45. The monoisotopic (exact) mass is 193 g/mol. The second-order valence-corrected chi connectivity index (χ2v) is 4.12. The van der Waals surface area contributed by atoms with Crippen LogP contribution < -0.4 is 5.32 Å². The van der Waals surface area contributed by atoms with E-state index in [1.807, 2.05) is 12.1 Å². The lowest BCUT2D eigenvalue weighted by molar-refractivity contribution is 0.224. The van der Waals surface area contributed by atoms with Gasteiger partial charge in [-0.25, -0.2) is 0 Å². The highest BCUT2D eigenvalue weighted by atomic mass is 16.3. The molecule has 0 aromatic heterocycles. The van der Waals surface area contributed by atoms with Crippen molar-refractivity contribution in [3.05, 3.63) is 29.8 Å². The van der Waals surface area contributed by atoms with E-state index in [1.54, 1.807) is 6.92 Å². The lowest BCUT2D eigenvalue weighted by Gasteiger charge is -2.10. The van der Waals surface area contributed by atoms with Gasteiger partial charge in [-0.2, -0.15) is 0 Å². The fraction of sp³-hybridized carbons (Fsp3) is 0.500. The van der Waals surface area contributed by atoms with Gasteiger partial charge in [-0.3, -0.25) is 0 Å². The first-order chi connectivity index (χ1) is 6.58. The molecule has 0 saturated carbocycles. The van der Waals surface area contributed by atoms with Crippen LogP contribution in [-0.4, -0.2) is 11.3 Å². The highest BCUT2D eigenvalue weighted by Gasteiger charge is 1.99. The number of hydrogen-bond acceptors (Lipinski definition) is 2. The molecule has 0 aliphatic heterocycles. The minimum Gasteiger partial charge on any atom is -0.374 e. The number of nitrogens with one attached hydrogen (secondary N) is 1. The number of rotatable bonds is 4. The summed E-state index contributed by atoms with van der Waals surface area (Å²) >= 11 is 0. The molecule has 14 heavy (non-hydrogen) atoms. The molecule has 0 heterocycles. The first-order valence-corrected chi connectivity index (χ1v) is 5.11. The van der Waals surface area contributed by atoms with Crippen LogP contribution in [0.25, 0.3) is 0 Å². The minimum atomic E-state index is -0.494. The molecule has 0 aliphatic carbocycles. The van der Waals surface area contributed by atoms with Gasteiger partial charge in [0, 0.05) is 5.69 Å². The van der Waals surface area contributed by atoms with E-state index in [0.29, 0.717) is 5.92 Å². The van der Waals surface area contributed by atoms with Crippen LogP contribution in [0.2, 0.25) is 0 Å². The van der Waals surface area contributed by atoms with Gasteiger partial charge in [-0.1, -0.05) is 26.0 Å². The van der Waals surface area contributed by atoms with E-state index in [2.05, 4.69) is 31.3 Å². The van der Waals surface area contributed by atoms with Crippen LogP contribution in [0, 0.1) is 5.92 Å². The first kappa shape index (κ1) is 11.1. The first-order valence-electron chi connectivity index (χ1n) is 5.11. The number of hydrogen-bond donors (Lipinski definition) is 2. The van der Waals surface area contributed by atoms with Gasteiger partial charge in [-0.15, -0.1) is 0 Å². The molecule has 0 aliphatic rings. The van der Waals surface area contributed by atoms with E-state index in [1.165, 1.54) is 5.56 Å². The molecule has 0 saturated heterocycles. The Labute approximate surface area is 86.0 Å². The Bertz CT molecular complexity index is 235. The fourth-order valence-corrected chi connectivity index (χ4v) is 1.45. The lowest BCUT2D eigenvalue weighted by atomic mass is 10.0. The Morgan fingerprint density at radius 3 is 2.14 bits per heavy atom. The molecule has 78 valence electrons. The summed E-state index contributed by atoms with van der Waals surface area (Å²) in [4.78, 5) is 0. The van der Waals surface area contributed by atoms with Crippen LogP contribution in [0.1, 0.15) is 26.3 Å². The van der Waals surface area contributed by atoms with E-state index in [0.717, 1.165) is 12.1 Å². The quantitative estimate of drug-likeness (QED) is 0.720. The minimum absolute atomic E-state index is 0.494. The molecule has 1 rings (SSSR count). The molecule has 0 spiro atoms. The van der Waals surface area contributed by atoms with Gasteiger partial charge in [0.2, 0.25) is 0 Å². The average molecular weight is 193 g/mol. The lowest BCUT2D eigenvalue weighted by Crippen LogP contribution is -2.13. The van der Waals surface area contributed by atoms with Crippen molar-refractivity contribution in [2.75, 3.05) is 5.32 Å². The summed E-state index contributed by atoms with van der Waals surface area (Å²) in [6.07, 6.45) is 0.612. The van der Waals surface area contributed by atoms with Gasteiger partial charge in [0.25, 0.3) is 0 Å². The Morgan fingerprint density at radius 1 is 1.14 bits per heavy atom. The third-order valence-corrected chi connectivity index (χ3v) is 1.97. The second kappa shape index (κ2) is 5.01. The van der Waals surface area contributed by atoms with Crippen LogP contribution in [0.4, 0.5) is 5.69 Å². The van der Waals surface area contributed by atoms with E-state index in [4.69, 9.17) is 5.11 Å². The number of aliphatic hydroxyl groups is 1. The van der Waals surface area contributed by atoms with Crippen molar-refractivity contribution >= 4 is 5.69 Å². The molecule has 1 aromatic carbocycles. The summed E-state index contributed by atoms with van der Waals surface area (Å²) in [6, 6.07) is 8.21. The normalized spacial score (nSPS) is 12.9. The maximum absolute atomic E-state index is 9.11. The molecular weight excluding hydrogens is 174 g/mol. The third-order valence-electron chi connectivity index (χ3n) is 1.97. The van der Waals surface area contributed by atoms with Crippen molar-refractivity contribution < 1.29 is 5.11 Å². The molecule has 2 N–H and O–H groups in total. The standard InChI is InChI=1S/C12H19NO/c1-9(2)8-11-4-6-12(7-5-11)13-10(3)14/h4-7,9-10,13-14H,8H2,1-3H3. The van der Waals surface area contributed by atoms with Crippen molar-refractivity contribution in [2.24, 2.45) is 5.92 Å². The Morgan fingerprint density at radius 2 is 1.71 bits per heavy atom. The Kier molecular flexibility index (Phi) is 3.96. The van der Waals surface area contributed by atoms with Gasteiger partial charge in [-0.05, 0) is 37.0 Å². The number of anilines is 1. The van der Waals surface area contributed by atoms with Crippen molar-refractivity contribution in [3.8, 4) is 0 Å². The van der Waals surface area contributed by atoms with E-state index < -0.39 is 6.23 Å². The topological polar surface area (TPSA) is 32.3 Å². The van der Waals surface area contributed by atoms with E-state index >= 15 is 0 Å². The van der Waals surface area contributed by atoms with Crippen LogP contribution in [-0.2, 0) is 6.42 Å². The highest BCUT2D eigenvalue weighted by Crippen LogP contribution is 2.13. The summed E-state index contributed by atoms with van der Waals surface area (Å²) < 4.78 is 0.